The SMILES string of the molecule is CCCCC/C=C/C/C=C/CCCCCCCCCCCC(=O)OC[C@H](COP(=O)(O)O)OC(=O)CCCCCCCCCCCCCCCCCCCCC. The number of rotatable bonds is 44. The summed E-state index contributed by atoms with van der Waals surface area (Å²) in [5, 5.41) is 0. The second-order valence-electron chi connectivity index (χ2n) is 16.1. The minimum absolute atomic E-state index is 0.216. The molecule has 0 bridgehead atoms. The Morgan fingerprint density at radius 1 is 0.464 bits per heavy atom. The number of carbonyl (C=O) groups excluding carboxylic acids is 2. The number of ether oxygens (including phenoxy) is 2. The maximum absolute atomic E-state index is 12.4. The first-order valence-corrected chi connectivity index (χ1v) is 25.2. The Morgan fingerprint density at radius 3 is 1.21 bits per heavy atom. The summed E-state index contributed by atoms with van der Waals surface area (Å²) >= 11 is 0. The van der Waals surface area contributed by atoms with Crippen LogP contribution in [0.1, 0.15) is 245 Å². The van der Waals surface area contributed by atoms with Crippen molar-refractivity contribution in [3.63, 3.8) is 0 Å². The van der Waals surface area contributed by atoms with Crippen molar-refractivity contribution in [3.8, 4) is 0 Å². The number of allylic oxidation sites excluding steroid dienone is 4. The highest BCUT2D eigenvalue weighted by molar-refractivity contribution is 7.46. The van der Waals surface area contributed by atoms with Crippen LogP contribution in [-0.4, -0.2) is 41.0 Å². The van der Waals surface area contributed by atoms with Gasteiger partial charge in [-0.15, -0.1) is 0 Å². The second kappa shape index (κ2) is 43.1. The van der Waals surface area contributed by atoms with Gasteiger partial charge in [0.1, 0.15) is 6.61 Å². The number of unbranched alkanes of at least 4 members (excludes halogenated alkanes) is 30. The molecule has 0 rings (SSSR count). The smallest absolute Gasteiger partial charge is 0.462 e. The summed E-state index contributed by atoms with van der Waals surface area (Å²) in [6.07, 6.45) is 50.4. The Kier molecular flexibility index (Phi) is 42.0. The third-order valence-electron chi connectivity index (χ3n) is 10.5. The lowest BCUT2D eigenvalue weighted by Crippen LogP contribution is -2.29. The number of hydrogen-bond acceptors (Lipinski definition) is 6. The highest BCUT2D eigenvalue weighted by Gasteiger charge is 2.23. The average molecular weight is 813 g/mol. The molecule has 0 aliphatic rings. The van der Waals surface area contributed by atoms with Crippen LogP contribution in [0.15, 0.2) is 24.3 Å². The van der Waals surface area contributed by atoms with Crippen LogP contribution < -0.4 is 0 Å². The topological polar surface area (TPSA) is 119 Å². The van der Waals surface area contributed by atoms with Gasteiger partial charge in [-0.05, 0) is 44.9 Å². The molecule has 0 aromatic carbocycles. The largest absolute Gasteiger partial charge is 0.469 e. The summed E-state index contributed by atoms with van der Waals surface area (Å²) in [7, 11) is -4.75. The minimum atomic E-state index is -4.75. The highest BCUT2D eigenvalue weighted by atomic mass is 31.2. The lowest BCUT2D eigenvalue weighted by atomic mass is 10.0. The third kappa shape index (κ3) is 45.2. The van der Waals surface area contributed by atoms with Crippen LogP contribution in [-0.2, 0) is 28.2 Å². The van der Waals surface area contributed by atoms with Crippen molar-refractivity contribution >= 4 is 19.8 Å². The van der Waals surface area contributed by atoms with Crippen LogP contribution in [0.2, 0.25) is 0 Å². The molecule has 9 heteroatoms. The molecule has 56 heavy (non-hydrogen) atoms. The highest BCUT2D eigenvalue weighted by Crippen LogP contribution is 2.36. The van der Waals surface area contributed by atoms with Gasteiger partial charge in [-0.2, -0.15) is 0 Å². The van der Waals surface area contributed by atoms with Crippen LogP contribution in [0.25, 0.3) is 0 Å². The van der Waals surface area contributed by atoms with Gasteiger partial charge in [0.2, 0.25) is 0 Å². The predicted molar refractivity (Wildman–Crippen MR) is 235 cm³/mol. The number of hydrogen-bond donors (Lipinski definition) is 2. The summed E-state index contributed by atoms with van der Waals surface area (Å²) in [6.45, 7) is 3.70. The lowest BCUT2D eigenvalue weighted by molar-refractivity contribution is -0.161. The maximum atomic E-state index is 12.4. The quantitative estimate of drug-likeness (QED) is 0.0270. The molecule has 0 aromatic rings. The molecule has 0 fully saturated rings. The molecular formula is C47H89O8P. The standard InChI is InChI=1S/C47H89O8P/c1-3-5-7-9-11-13-15-17-19-21-23-25-27-29-31-33-35-37-39-41-46(48)53-43-45(44-54-56(50,51)52)55-47(49)42-40-38-36-34-32-30-28-26-24-22-20-18-16-14-12-10-8-6-4-2/h11,13,17,19,45H,3-10,12,14-16,18,20-44H2,1-2H3,(H2,50,51,52)/b13-11+,19-17+/t45-/m1/s1. The zero-order chi connectivity index (χ0) is 41.1. The number of esters is 2. The molecule has 0 amide bonds. The van der Waals surface area contributed by atoms with Gasteiger partial charge in [-0.1, -0.05) is 212 Å². The molecule has 0 spiro atoms. The van der Waals surface area contributed by atoms with Crippen LogP contribution >= 0.6 is 7.82 Å². The summed E-state index contributed by atoms with van der Waals surface area (Å²) in [5.74, 6) is -0.876. The van der Waals surface area contributed by atoms with E-state index in [4.69, 9.17) is 19.3 Å². The Hall–Kier alpha value is -1.47. The van der Waals surface area contributed by atoms with E-state index in [-0.39, 0.29) is 19.4 Å². The van der Waals surface area contributed by atoms with Gasteiger partial charge in [0.05, 0.1) is 6.61 Å². The molecule has 0 aromatic heterocycles. The number of phosphoric acid groups is 1. The maximum Gasteiger partial charge on any atom is 0.469 e. The first kappa shape index (κ1) is 54.5. The Balaban J connectivity index is 3.83. The first-order valence-electron chi connectivity index (χ1n) is 23.6. The van der Waals surface area contributed by atoms with E-state index in [1.807, 2.05) is 0 Å². The molecule has 0 saturated heterocycles. The predicted octanol–water partition coefficient (Wildman–Crippen LogP) is 14.7. The monoisotopic (exact) mass is 813 g/mol. The average Bonchev–Trinajstić information content (AvgIpc) is 3.17. The van der Waals surface area contributed by atoms with E-state index in [1.54, 1.807) is 0 Å². The molecule has 0 heterocycles. The van der Waals surface area contributed by atoms with Gasteiger partial charge in [-0.25, -0.2) is 4.57 Å². The molecule has 0 saturated carbocycles. The summed E-state index contributed by atoms with van der Waals surface area (Å²) < 4.78 is 26.5. The van der Waals surface area contributed by atoms with E-state index < -0.39 is 32.5 Å². The van der Waals surface area contributed by atoms with Crippen molar-refractivity contribution in [1.29, 1.82) is 0 Å². The fourth-order valence-corrected chi connectivity index (χ4v) is 7.30. The van der Waals surface area contributed by atoms with Crippen LogP contribution in [0.4, 0.5) is 0 Å². The van der Waals surface area contributed by atoms with Gasteiger partial charge in [0, 0.05) is 12.8 Å². The van der Waals surface area contributed by atoms with E-state index >= 15 is 0 Å². The van der Waals surface area contributed by atoms with E-state index in [0.717, 1.165) is 51.4 Å². The van der Waals surface area contributed by atoms with Gasteiger partial charge < -0.3 is 19.3 Å². The van der Waals surface area contributed by atoms with Crippen LogP contribution in [0, 0.1) is 0 Å². The van der Waals surface area contributed by atoms with Crippen molar-refractivity contribution in [3.05, 3.63) is 24.3 Å². The van der Waals surface area contributed by atoms with E-state index in [9.17, 15) is 14.2 Å². The minimum Gasteiger partial charge on any atom is -0.462 e. The molecule has 0 aliphatic heterocycles. The zero-order valence-electron chi connectivity index (χ0n) is 36.5. The van der Waals surface area contributed by atoms with Gasteiger partial charge in [-0.3, -0.25) is 14.1 Å². The number of phosphoric ester groups is 1. The fourth-order valence-electron chi connectivity index (χ4n) is 6.93. The van der Waals surface area contributed by atoms with Crippen LogP contribution in [0.5, 0.6) is 0 Å². The molecule has 0 unspecified atom stereocenters. The van der Waals surface area contributed by atoms with Crippen LogP contribution in [0.3, 0.4) is 0 Å². The Morgan fingerprint density at radius 2 is 0.804 bits per heavy atom. The second-order valence-corrected chi connectivity index (χ2v) is 17.3. The summed E-state index contributed by atoms with van der Waals surface area (Å²) in [4.78, 5) is 43.0. The third-order valence-corrected chi connectivity index (χ3v) is 11.0. The van der Waals surface area contributed by atoms with E-state index in [0.29, 0.717) is 6.42 Å². The van der Waals surface area contributed by atoms with Crippen molar-refractivity contribution in [1.82, 2.24) is 0 Å². The van der Waals surface area contributed by atoms with Crippen molar-refractivity contribution in [2.45, 2.75) is 251 Å². The lowest BCUT2D eigenvalue weighted by Gasteiger charge is -2.18. The Labute approximate surface area is 345 Å². The molecular weight excluding hydrogens is 723 g/mol. The van der Waals surface area contributed by atoms with Gasteiger partial charge in [0.25, 0.3) is 0 Å². The molecule has 0 aliphatic carbocycles. The normalized spacial score (nSPS) is 12.6. The molecule has 8 nitrogen and oxygen atoms in total. The molecule has 0 radical (unpaired) electrons. The fraction of sp³-hybridized carbons (Fsp3) is 0.872. The molecule has 330 valence electrons. The van der Waals surface area contributed by atoms with Crippen molar-refractivity contribution < 1.29 is 37.9 Å². The van der Waals surface area contributed by atoms with Gasteiger partial charge >= 0.3 is 19.8 Å². The zero-order valence-corrected chi connectivity index (χ0v) is 37.4. The molecule has 1 atom stereocenters. The Bertz CT molecular complexity index is 962. The van der Waals surface area contributed by atoms with Crippen molar-refractivity contribution in [2.24, 2.45) is 0 Å². The van der Waals surface area contributed by atoms with Crippen molar-refractivity contribution in [2.75, 3.05) is 13.2 Å². The van der Waals surface area contributed by atoms with E-state index in [1.165, 1.54) is 161 Å². The summed E-state index contributed by atoms with van der Waals surface area (Å²) in [5.41, 5.74) is 0. The molecule has 2 N–H and O–H groups in total. The summed E-state index contributed by atoms with van der Waals surface area (Å²) in [6, 6.07) is 0. The van der Waals surface area contributed by atoms with Gasteiger partial charge in [0.15, 0.2) is 6.10 Å². The first-order chi connectivity index (χ1) is 27.3. The van der Waals surface area contributed by atoms with E-state index in [2.05, 4.69) is 42.7 Å². The number of carbonyl (C=O) groups is 2.